The summed E-state index contributed by atoms with van der Waals surface area (Å²) in [5.41, 5.74) is 2.54. The van der Waals surface area contributed by atoms with Crippen LogP contribution in [0.1, 0.15) is 47.0 Å². The van der Waals surface area contributed by atoms with Gasteiger partial charge >= 0.3 is 5.97 Å². The monoisotopic (exact) mass is 250 g/mol. The number of esters is 1. The van der Waals surface area contributed by atoms with Gasteiger partial charge in [-0.2, -0.15) is 0 Å². The SMILES string of the molecule is C=C(COC(=O)C(C)C)C(C)C1CC=C(C)CC1. The van der Waals surface area contributed by atoms with Crippen molar-refractivity contribution in [1.82, 2.24) is 0 Å². The number of hydrogen-bond donors (Lipinski definition) is 0. The van der Waals surface area contributed by atoms with E-state index in [1.54, 1.807) is 0 Å². The third-order valence-electron chi connectivity index (χ3n) is 3.90. The van der Waals surface area contributed by atoms with E-state index < -0.39 is 0 Å². The van der Waals surface area contributed by atoms with E-state index in [0.29, 0.717) is 18.4 Å². The van der Waals surface area contributed by atoms with E-state index >= 15 is 0 Å². The van der Waals surface area contributed by atoms with Crippen molar-refractivity contribution in [3.8, 4) is 0 Å². The highest BCUT2D eigenvalue weighted by Gasteiger charge is 2.22. The van der Waals surface area contributed by atoms with Crippen LogP contribution in [-0.2, 0) is 9.53 Å². The Morgan fingerprint density at radius 3 is 2.67 bits per heavy atom. The zero-order chi connectivity index (χ0) is 13.7. The van der Waals surface area contributed by atoms with Gasteiger partial charge in [-0.15, -0.1) is 0 Å². The molecule has 18 heavy (non-hydrogen) atoms. The summed E-state index contributed by atoms with van der Waals surface area (Å²) in [4.78, 5) is 11.4. The topological polar surface area (TPSA) is 26.3 Å². The lowest BCUT2D eigenvalue weighted by Gasteiger charge is -2.28. The molecule has 2 nitrogen and oxygen atoms in total. The van der Waals surface area contributed by atoms with Gasteiger partial charge in [0.2, 0.25) is 0 Å². The maximum Gasteiger partial charge on any atom is 0.308 e. The van der Waals surface area contributed by atoms with Gasteiger partial charge in [0.1, 0.15) is 6.61 Å². The lowest BCUT2D eigenvalue weighted by molar-refractivity contribution is -0.146. The van der Waals surface area contributed by atoms with E-state index in [9.17, 15) is 4.79 Å². The van der Waals surface area contributed by atoms with E-state index in [1.807, 2.05) is 13.8 Å². The molecular weight excluding hydrogens is 224 g/mol. The molecule has 0 aliphatic heterocycles. The summed E-state index contributed by atoms with van der Waals surface area (Å²) in [6.45, 7) is 12.5. The Bertz CT molecular complexity index is 339. The maximum absolute atomic E-state index is 11.4. The van der Waals surface area contributed by atoms with Crippen molar-refractivity contribution in [2.45, 2.75) is 47.0 Å². The van der Waals surface area contributed by atoms with Gasteiger partial charge in [-0.1, -0.05) is 39.0 Å². The molecule has 2 atom stereocenters. The molecule has 102 valence electrons. The van der Waals surface area contributed by atoms with Crippen molar-refractivity contribution in [3.63, 3.8) is 0 Å². The Labute approximate surface area is 111 Å². The molecule has 0 amide bonds. The Kier molecular flexibility index (Phi) is 5.64. The van der Waals surface area contributed by atoms with Gasteiger partial charge in [-0.3, -0.25) is 4.79 Å². The van der Waals surface area contributed by atoms with E-state index in [-0.39, 0.29) is 11.9 Å². The average molecular weight is 250 g/mol. The van der Waals surface area contributed by atoms with Gasteiger partial charge < -0.3 is 4.74 Å². The molecule has 0 aromatic heterocycles. The standard InChI is InChI=1S/C16H26O2/c1-11(2)16(17)18-10-13(4)14(5)15-8-6-12(3)7-9-15/h6,11,14-15H,4,7-10H2,1-3,5H3. The fraction of sp³-hybridized carbons (Fsp3) is 0.688. The minimum absolute atomic E-state index is 0.0617. The van der Waals surface area contributed by atoms with Crippen LogP contribution in [0.3, 0.4) is 0 Å². The predicted molar refractivity (Wildman–Crippen MR) is 75.2 cm³/mol. The van der Waals surface area contributed by atoms with Crippen LogP contribution in [-0.4, -0.2) is 12.6 Å². The summed E-state index contributed by atoms with van der Waals surface area (Å²) >= 11 is 0. The zero-order valence-electron chi connectivity index (χ0n) is 12.2. The Morgan fingerprint density at radius 1 is 1.50 bits per heavy atom. The van der Waals surface area contributed by atoms with Crippen LogP contribution in [0.4, 0.5) is 0 Å². The first-order valence-corrected chi connectivity index (χ1v) is 6.91. The van der Waals surface area contributed by atoms with Crippen LogP contribution in [0, 0.1) is 17.8 Å². The minimum atomic E-state index is -0.136. The van der Waals surface area contributed by atoms with Crippen LogP contribution >= 0.6 is 0 Å². The Morgan fingerprint density at radius 2 is 2.17 bits per heavy atom. The van der Waals surface area contributed by atoms with Gasteiger partial charge in [-0.25, -0.2) is 0 Å². The molecule has 2 heteroatoms. The molecule has 0 fully saturated rings. The fourth-order valence-corrected chi connectivity index (χ4v) is 2.23. The van der Waals surface area contributed by atoms with Crippen molar-refractivity contribution < 1.29 is 9.53 Å². The normalized spacial score (nSPS) is 21.4. The molecule has 0 spiro atoms. The van der Waals surface area contributed by atoms with Crippen LogP contribution < -0.4 is 0 Å². The highest BCUT2D eigenvalue weighted by atomic mass is 16.5. The summed E-state index contributed by atoms with van der Waals surface area (Å²) in [5, 5.41) is 0. The first-order valence-electron chi connectivity index (χ1n) is 6.91. The molecular formula is C16H26O2. The second-order valence-electron chi connectivity index (χ2n) is 5.79. The third kappa shape index (κ3) is 4.32. The van der Waals surface area contributed by atoms with E-state index in [0.717, 1.165) is 12.0 Å². The highest BCUT2D eigenvalue weighted by molar-refractivity contribution is 5.71. The maximum atomic E-state index is 11.4. The molecule has 0 saturated heterocycles. The fourth-order valence-electron chi connectivity index (χ4n) is 2.23. The summed E-state index contributed by atoms with van der Waals surface area (Å²) in [6, 6.07) is 0. The van der Waals surface area contributed by atoms with Crippen LogP contribution in [0.2, 0.25) is 0 Å². The van der Waals surface area contributed by atoms with Crippen LogP contribution in [0.25, 0.3) is 0 Å². The molecule has 0 radical (unpaired) electrons. The van der Waals surface area contributed by atoms with E-state index in [1.165, 1.54) is 18.4 Å². The van der Waals surface area contributed by atoms with E-state index in [4.69, 9.17) is 4.74 Å². The van der Waals surface area contributed by atoms with Crippen molar-refractivity contribution in [2.24, 2.45) is 17.8 Å². The van der Waals surface area contributed by atoms with Crippen molar-refractivity contribution in [1.29, 1.82) is 0 Å². The summed E-state index contributed by atoms with van der Waals surface area (Å²) in [6.07, 6.45) is 5.87. The number of carbonyl (C=O) groups excluding carboxylic acids is 1. The lowest BCUT2D eigenvalue weighted by Crippen LogP contribution is -2.20. The van der Waals surface area contributed by atoms with Crippen molar-refractivity contribution >= 4 is 5.97 Å². The van der Waals surface area contributed by atoms with Gasteiger partial charge in [-0.05, 0) is 43.6 Å². The second kappa shape index (κ2) is 6.77. The third-order valence-corrected chi connectivity index (χ3v) is 3.90. The molecule has 0 aromatic rings. The molecule has 0 N–H and O–H groups in total. The van der Waals surface area contributed by atoms with Crippen LogP contribution in [0.15, 0.2) is 23.8 Å². The molecule has 1 aliphatic rings. The average Bonchev–Trinajstić information content (AvgIpc) is 2.35. The van der Waals surface area contributed by atoms with Crippen LogP contribution in [0.5, 0.6) is 0 Å². The Balaban J connectivity index is 2.40. The number of carbonyl (C=O) groups is 1. The lowest BCUT2D eigenvalue weighted by atomic mass is 9.79. The summed E-state index contributed by atoms with van der Waals surface area (Å²) < 4.78 is 5.24. The molecule has 0 aromatic carbocycles. The first kappa shape index (κ1) is 15.0. The molecule has 2 unspecified atom stereocenters. The highest BCUT2D eigenvalue weighted by Crippen LogP contribution is 2.32. The zero-order valence-corrected chi connectivity index (χ0v) is 12.2. The van der Waals surface area contributed by atoms with Gasteiger partial charge in [0.15, 0.2) is 0 Å². The molecule has 1 rings (SSSR count). The molecule has 0 heterocycles. The Hall–Kier alpha value is -1.05. The molecule has 1 aliphatic carbocycles. The smallest absolute Gasteiger partial charge is 0.308 e. The van der Waals surface area contributed by atoms with Gasteiger partial charge in [0.05, 0.1) is 5.92 Å². The molecule has 0 bridgehead atoms. The van der Waals surface area contributed by atoms with Crippen molar-refractivity contribution in [2.75, 3.05) is 6.61 Å². The van der Waals surface area contributed by atoms with Gasteiger partial charge in [0, 0.05) is 0 Å². The first-order chi connectivity index (χ1) is 8.41. The molecule has 0 saturated carbocycles. The second-order valence-corrected chi connectivity index (χ2v) is 5.79. The largest absolute Gasteiger partial charge is 0.461 e. The van der Waals surface area contributed by atoms with Gasteiger partial charge in [0.25, 0.3) is 0 Å². The number of ether oxygens (including phenoxy) is 1. The van der Waals surface area contributed by atoms with Crippen molar-refractivity contribution in [3.05, 3.63) is 23.8 Å². The quantitative estimate of drug-likeness (QED) is 0.542. The van der Waals surface area contributed by atoms with E-state index in [2.05, 4.69) is 26.5 Å². The predicted octanol–water partition coefficient (Wildman–Crippen LogP) is 4.12. The minimum Gasteiger partial charge on any atom is -0.461 e. The number of allylic oxidation sites excluding steroid dienone is 2. The summed E-state index contributed by atoms with van der Waals surface area (Å²) in [7, 11) is 0. The summed E-state index contributed by atoms with van der Waals surface area (Å²) in [5.74, 6) is 0.879. The number of rotatable bonds is 5. The number of hydrogen-bond acceptors (Lipinski definition) is 2.